The predicted octanol–water partition coefficient (Wildman–Crippen LogP) is 7.15. The number of hydrogen-bond donors (Lipinski definition) is 7. The molecule has 5 fully saturated rings. The summed E-state index contributed by atoms with van der Waals surface area (Å²) in [6.45, 7) is 15.4. The fourth-order valence-electron chi connectivity index (χ4n) is 15.9. The molecule has 97 heavy (non-hydrogen) atoms. The number of hydrogen-bond acceptors (Lipinski definition) is 18. The number of rotatable bonds is 29. The maximum Gasteiger partial charge on any atom is 0.355 e. The lowest BCUT2D eigenvalue weighted by molar-refractivity contribution is -0.926. The highest BCUT2D eigenvalue weighted by Gasteiger charge is 2.58. The number of ether oxygens (including phenoxy) is 2. The van der Waals surface area contributed by atoms with E-state index in [-0.39, 0.29) is 61.8 Å². The van der Waals surface area contributed by atoms with Crippen LogP contribution in [0.5, 0.6) is 0 Å². The minimum Gasteiger partial charge on any atom is -0.476 e. The second-order valence-corrected chi connectivity index (χ2v) is 29.1. The molecule has 4 saturated carbocycles. The van der Waals surface area contributed by atoms with Crippen molar-refractivity contribution in [3.63, 3.8) is 0 Å². The molecule has 4 bridgehead atoms. The highest BCUT2D eigenvalue weighted by Crippen LogP contribution is 2.63. The summed E-state index contributed by atoms with van der Waals surface area (Å²) in [5.74, 6) is -0.718. The molecular weight excluding hydrogens is 1260 g/mol. The Labute approximate surface area is 568 Å². The van der Waals surface area contributed by atoms with E-state index < -0.39 is 53.6 Å². The number of anilines is 5. The molecule has 1 saturated heterocycles. The zero-order valence-electron chi connectivity index (χ0n) is 55.9. The van der Waals surface area contributed by atoms with Crippen molar-refractivity contribution in [2.24, 2.45) is 28.9 Å². The van der Waals surface area contributed by atoms with Gasteiger partial charge in [0.15, 0.2) is 22.5 Å². The number of thiazole rings is 1. The number of nitrogens with one attached hydrogen (secondary N) is 5. The van der Waals surface area contributed by atoms with Crippen molar-refractivity contribution in [1.29, 1.82) is 0 Å². The van der Waals surface area contributed by atoms with Crippen molar-refractivity contribution >= 4 is 91.4 Å². The number of urea groups is 1. The molecule has 3 aliphatic heterocycles. The van der Waals surface area contributed by atoms with E-state index in [1.165, 1.54) is 18.6 Å². The number of nitrogens with two attached hydrogens (primary N) is 1. The Morgan fingerprint density at radius 2 is 1.61 bits per heavy atom. The van der Waals surface area contributed by atoms with Crippen LogP contribution in [0.4, 0.5) is 33.1 Å². The van der Waals surface area contributed by atoms with E-state index in [0.717, 1.165) is 143 Å². The van der Waals surface area contributed by atoms with Crippen molar-refractivity contribution in [3.8, 4) is 11.1 Å². The Kier molecular flexibility index (Phi) is 20.5. The number of para-hydroxylation sites is 1. The van der Waals surface area contributed by atoms with Gasteiger partial charge >= 0.3 is 12.0 Å². The highest BCUT2D eigenvalue weighted by molar-refractivity contribution is 7.22. The molecule has 13 rings (SSSR count). The van der Waals surface area contributed by atoms with Crippen LogP contribution in [0.3, 0.4) is 0 Å². The highest BCUT2D eigenvalue weighted by atomic mass is 32.1. The maximum absolute atomic E-state index is 13.9. The average Bonchev–Trinajstić information content (AvgIpc) is 1.31. The van der Waals surface area contributed by atoms with Crippen LogP contribution in [0.15, 0.2) is 79.0 Å². The zero-order valence-corrected chi connectivity index (χ0v) is 56.8. The summed E-state index contributed by atoms with van der Waals surface area (Å²) in [5, 5.41) is 40.2. The third-order valence-electron chi connectivity index (χ3n) is 20.5. The average molecular weight is 1350 g/mol. The van der Waals surface area contributed by atoms with Crippen LogP contribution in [0, 0.1) is 37.0 Å². The van der Waals surface area contributed by atoms with Gasteiger partial charge in [0.2, 0.25) is 17.7 Å². The molecular formula is C70H89N16O10S+. The molecule has 6 aromatic rings. The fraction of sp³-hybridized carbons (Fsp3) is 0.514. The van der Waals surface area contributed by atoms with Gasteiger partial charge in [0.05, 0.1) is 68.5 Å². The summed E-state index contributed by atoms with van der Waals surface area (Å²) < 4.78 is 16.7. The molecule has 0 spiro atoms. The van der Waals surface area contributed by atoms with Gasteiger partial charge in [0.25, 0.3) is 11.8 Å². The lowest BCUT2D eigenvalue weighted by Gasteiger charge is -2.61. The number of aromatic nitrogens is 6. The molecule has 7 heterocycles. The smallest absolute Gasteiger partial charge is 0.355 e. The van der Waals surface area contributed by atoms with Gasteiger partial charge in [-0.15, -0.1) is 10.2 Å². The standard InChI is InChI=1S/C70H88N16O10S/c1-43(2)60(78-57(87)22-31-95-32-28-84-58(88)20-21-59(84)89)65(91)75-54(12-8-23-72-67(71)94)64(90)74-49-16-14-46(15-17-49)40-86(5)29-25-82(26-30-86)27-33-96-70-37-47-34-48(38-70)36-69(35-47,41-70)42-85-45(4)52(39-73-85)51-18-19-56(77-61(51)66(92)93)83-24-9-10-50-44(3)62(80-81-63(50)83)79-68-76-53-11-6-7-13-55(53)97-68/h6-7,11,13-21,39,43,47-48,54,60H,8-10,12,22-38,40-42H2,1-5H3,(H7-,71,72,74,75,76,78,79,80,87,90,91,92,93,94)/p+1/t47-,48+,54-,60-,69?,70?/m0/s1. The first-order valence-electron chi connectivity index (χ1n) is 34.0. The number of quaternary nitrogens is 1. The maximum atomic E-state index is 13.9. The largest absolute Gasteiger partial charge is 0.476 e. The SMILES string of the molecule is Cc1c(Nc2nc3ccccc3s2)nnc2c1CCCN2c1ccc(-c2cnn(CC34C[C@H]5C[C@@H](C3)CC(OCCN3CC[N+](C)(Cc6ccc(NC(=O)[C@H](CCCNC(N)=O)NC(=O)[C@@H](NC(=O)CCOCCN7C(=O)C=CC7=O)C(C)C)cc6)CC3)(C5)C4)c2C)c(C(=O)O)n1. The van der Waals surface area contributed by atoms with Crippen molar-refractivity contribution < 1.29 is 52.6 Å². The number of aromatic carboxylic acids is 1. The number of carbonyl (C=O) groups is 7. The first-order chi connectivity index (χ1) is 46.6. The van der Waals surface area contributed by atoms with Crippen LogP contribution in [0.1, 0.15) is 111 Å². The third-order valence-corrected chi connectivity index (χ3v) is 21.4. The molecule has 4 aromatic heterocycles. The number of carbonyl (C=O) groups excluding carboxylic acids is 6. The number of amides is 7. The number of benzene rings is 2. The first kappa shape index (κ1) is 68.2. The van der Waals surface area contributed by atoms with E-state index in [0.29, 0.717) is 60.1 Å². The Morgan fingerprint density at radius 1 is 0.856 bits per heavy atom. The zero-order chi connectivity index (χ0) is 68.2. The number of imide groups is 1. The molecule has 7 aliphatic rings. The molecule has 2 unspecified atom stereocenters. The molecule has 6 atom stereocenters. The van der Waals surface area contributed by atoms with Crippen LogP contribution >= 0.6 is 11.3 Å². The van der Waals surface area contributed by atoms with Crippen molar-refractivity contribution in [2.75, 3.05) is 94.8 Å². The first-order valence-corrected chi connectivity index (χ1v) is 34.8. The van der Waals surface area contributed by atoms with Gasteiger partial charge in [-0.05, 0) is 138 Å². The summed E-state index contributed by atoms with van der Waals surface area (Å²) in [7, 11) is 2.29. The number of pyridine rings is 1. The van der Waals surface area contributed by atoms with E-state index in [1.54, 1.807) is 25.2 Å². The van der Waals surface area contributed by atoms with Gasteiger partial charge in [-0.25, -0.2) is 19.6 Å². The number of fused-ring (bicyclic) bond motifs is 2. The van der Waals surface area contributed by atoms with E-state index in [9.17, 15) is 38.7 Å². The number of carboxylic acid groups (broad SMARTS) is 1. The molecule has 27 heteroatoms. The minimum atomic E-state index is -1.11. The molecule has 4 aliphatic carbocycles. The number of piperazine rings is 1. The molecule has 26 nitrogen and oxygen atoms in total. The number of carboxylic acids is 1. The molecule has 514 valence electrons. The van der Waals surface area contributed by atoms with Crippen LogP contribution in [-0.4, -0.2) is 188 Å². The Hall–Kier alpha value is -8.76. The molecule has 8 N–H and O–H groups in total. The number of primary amides is 1. The van der Waals surface area contributed by atoms with Crippen LogP contribution in [-0.2, 0) is 53.0 Å². The monoisotopic (exact) mass is 1350 g/mol. The number of nitrogens with zero attached hydrogens (tertiary/aromatic N) is 10. The lowest BCUT2D eigenvalue weighted by Crippen LogP contribution is -2.59. The van der Waals surface area contributed by atoms with Crippen LogP contribution in [0.25, 0.3) is 21.3 Å². The van der Waals surface area contributed by atoms with Gasteiger partial charge in [0.1, 0.15) is 24.4 Å². The van der Waals surface area contributed by atoms with Gasteiger partial charge in [-0.2, -0.15) is 5.10 Å². The van der Waals surface area contributed by atoms with Crippen molar-refractivity contribution in [2.45, 2.75) is 129 Å². The second kappa shape index (κ2) is 29.1. The van der Waals surface area contributed by atoms with Crippen molar-refractivity contribution in [1.82, 2.24) is 55.7 Å². The third kappa shape index (κ3) is 15.8. The minimum absolute atomic E-state index is 0.00261. The van der Waals surface area contributed by atoms with E-state index in [2.05, 4.69) is 48.3 Å². The van der Waals surface area contributed by atoms with Gasteiger partial charge < -0.3 is 56.3 Å². The van der Waals surface area contributed by atoms with Gasteiger partial charge in [-0.1, -0.05) is 49.4 Å². The normalized spacial score (nSPS) is 21.6. The molecule has 2 aromatic carbocycles. The van der Waals surface area contributed by atoms with E-state index in [1.807, 2.05) is 85.6 Å². The summed E-state index contributed by atoms with van der Waals surface area (Å²) in [6, 6.07) is 16.8. The molecule has 0 radical (unpaired) electrons. The van der Waals surface area contributed by atoms with Gasteiger partial charge in [-0.3, -0.25) is 38.5 Å². The van der Waals surface area contributed by atoms with Crippen molar-refractivity contribution in [3.05, 3.63) is 107 Å². The predicted molar refractivity (Wildman–Crippen MR) is 366 cm³/mol. The second-order valence-electron chi connectivity index (χ2n) is 28.1. The summed E-state index contributed by atoms with van der Waals surface area (Å²) in [4.78, 5) is 104. The van der Waals surface area contributed by atoms with Crippen LogP contribution < -0.4 is 37.2 Å². The lowest BCUT2D eigenvalue weighted by atomic mass is 9.48. The fourth-order valence-corrected chi connectivity index (χ4v) is 16.7. The summed E-state index contributed by atoms with van der Waals surface area (Å²) in [6.07, 6.45) is 12.9. The van der Waals surface area contributed by atoms with Crippen LogP contribution in [0.2, 0.25) is 0 Å². The Bertz CT molecular complexity index is 3910. The Balaban J connectivity index is 0.611. The topological polar surface area (TPSA) is 323 Å². The summed E-state index contributed by atoms with van der Waals surface area (Å²) in [5.41, 5.74) is 11.9. The quantitative estimate of drug-likeness (QED) is 0.0139. The van der Waals surface area contributed by atoms with E-state index >= 15 is 0 Å². The molecule has 7 amide bonds. The van der Waals surface area contributed by atoms with Gasteiger partial charge in [0, 0.05) is 97.0 Å². The summed E-state index contributed by atoms with van der Waals surface area (Å²) >= 11 is 1.56. The van der Waals surface area contributed by atoms with E-state index in [4.69, 9.17) is 35.4 Å². The number of likely N-dealkylation sites (N-methyl/N-ethyl adjacent to an activating group) is 1. The Morgan fingerprint density at radius 3 is 2.33 bits per heavy atom.